The molecule has 0 bridgehead atoms. The summed E-state index contributed by atoms with van der Waals surface area (Å²) in [5, 5.41) is 17.7. The van der Waals surface area contributed by atoms with Crippen LogP contribution in [-0.4, -0.2) is 14.9 Å². The van der Waals surface area contributed by atoms with E-state index in [0.717, 1.165) is 22.4 Å². The quantitative estimate of drug-likeness (QED) is 0.507. The van der Waals surface area contributed by atoms with Crippen LogP contribution >= 0.6 is 0 Å². The SMILES string of the molecule is Cc1ccc(Nc2ncnc(NCc3ccccc3)c2[N+](=O)[O-])c(C)c1. The Morgan fingerprint density at radius 2 is 1.77 bits per heavy atom. The fourth-order valence-electron chi connectivity index (χ4n) is 2.64. The number of aryl methyl sites for hydroxylation is 2. The second-order valence-electron chi connectivity index (χ2n) is 5.96. The number of hydrogen-bond acceptors (Lipinski definition) is 6. The molecule has 0 radical (unpaired) electrons. The maximum absolute atomic E-state index is 11.6. The van der Waals surface area contributed by atoms with Gasteiger partial charge in [0.25, 0.3) is 0 Å². The van der Waals surface area contributed by atoms with Crippen LogP contribution < -0.4 is 10.6 Å². The molecule has 7 heteroatoms. The third kappa shape index (κ3) is 3.94. The van der Waals surface area contributed by atoms with Crippen molar-refractivity contribution in [3.8, 4) is 0 Å². The van der Waals surface area contributed by atoms with Crippen LogP contribution in [0.1, 0.15) is 16.7 Å². The van der Waals surface area contributed by atoms with E-state index in [9.17, 15) is 10.1 Å². The van der Waals surface area contributed by atoms with Crippen LogP contribution in [0, 0.1) is 24.0 Å². The molecular formula is C19H19N5O2. The van der Waals surface area contributed by atoms with Gasteiger partial charge in [0.1, 0.15) is 6.33 Å². The van der Waals surface area contributed by atoms with Crippen molar-refractivity contribution in [3.05, 3.63) is 81.7 Å². The maximum Gasteiger partial charge on any atom is 0.353 e. The van der Waals surface area contributed by atoms with Crippen molar-refractivity contribution in [2.24, 2.45) is 0 Å². The molecule has 0 spiro atoms. The van der Waals surface area contributed by atoms with Crippen molar-refractivity contribution in [1.29, 1.82) is 0 Å². The molecule has 1 heterocycles. The highest BCUT2D eigenvalue weighted by atomic mass is 16.6. The number of nitrogens with zero attached hydrogens (tertiary/aromatic N) is 3. The highest BCUT2D eigenvalue weighted by Crippen LogP contribution is 2.32. The Balaban J connectivity index is 1.89. The number of benzene rings is 2. The van der Waals surface area contributed by atoms with Gasteiger partial charge in [-0.1, -0.05) is 48.0 Å². The van der Waals surface area contributed by atoms with Gasteiger partial charge >= 0.3 is 5.69 Å². The van der Waals surface area contributed by atoms with E-state index < -0.39 is 4.92 Å². The normalized spacial score (nSPS) is 10.4. The highest BCUT2D eigenvalue weighted by molar-refractivity contribution is 5.74. The van der Waals surface area contributed by atoms with E-state index in [-0.39, 0.29) is 17.3 Å². The van der Waals surface area contributed by atoms with Gasteiger partial charge in [-0.25, -0.2) is 9.97 Å². The standard InChI is InChI=1S/C19H19N5O2/c1-13-8-9-16(14(2)10-13)23-19-17(24(25)26)18(21-12-22-19)20-11-15-6-4-3-5-7-15/h3-10,12H,11H2,1-2H3,(H2,20,21,22,23). The molecular weight excluding hydrogens is 330 g/mol. The van der Waals surface area contributed by atoms with Crippen molar-refractivity contribution in [3.63, 3.8) is 0 Å². The van der Waals surface area contributed by atoms with Crippen molar-refractivity contribution >= 4 is 23.0 Å². The number of aromatic nitrogens is 2. The van der Waals surface area contributed by atoms with Crippen LogP contribution in [0.3, 0.4) is 0 Å². The van der Waals surface area contributed by atoms with Crippen molar-refractivity contribution < 1.29 is 4.92 Å². The van der Waals surface area contributed by atoms with Gasteiger partial charge in [0.15, 0.2) is 0 Å². The molecule has 3 rings (SSSR count). The zero-order valence-electron chi connectivity index (χ0n) is 14.6. The smallest absolute Gasteiger partial charge is 0.353 e. The Morgan fingerprint density at radius 1 is 1.04 bits per heavy atom. The van der Waals surface area contributed by atoms with Crippen LogP contribution in [0.25, 0.3) is 0 Å². The minimum absolute atomic E-state index is 0.160. The van der Waals surface area contributed by atoms with Crippen molar-refractivity contribution in [2.45, 2.75) is 20.4 Å². The molecule has 26 heavy (non-hydrogen) atoms. The van der Waals surface area contributed by atoms with Gasteiger partial charge in [-0.2, -0.15) is 0 Å². The summed E-state index contributed by atoms with van der Waals surface area (Å²) in [6.07, 6.45) is 1.31. The molecule has 0 saturated heterocycles. The molecule has 3 aromatic rings. The molecule has 0 unspecified atom stereocenters. The van der Waals surface area contributed by atoms with E-state index in [4.69, 9.17) is 0 Å². The molecule has 0 saturated carbocycles. The van der Waals surface area contributed by atoms with Gasteiger partial charge in [-0.15, -0.1) is 0 Å². The summed E-state index contributed by atoms with van der Waals surface area (Å²) < 4.78 is 0. The summed E-state index contributed by atoms with van der Waals surface area (Å²) in [4.78, 5) is 19.3. The summed E-state index contributed by atoms with van der Waals surface area (Å²) in [5.74, 6) is 0.341. The summed E-state index contributed by atoms with van der Waals surface area (Å²) >= 11 is 0. The van der Waals surface area contributed by atoms with E-state index in [1.165, 1.54) is 6.33 Å². The Labute approximate surface area is 151 Å². The lowest BCUT2D eigenvalue weighted by Crippen LogP contribution is -2.08. The van der Waals surface area contributed by atoms with Crippen LogP contribution in [0.15, 0.2) is 54.9 Å². The van der Waals surface area contributed by atoms with Crippen molar-refractivity contribution in [2.75, 3.05) is 10.6 Å². The summed E-state index contributed by atoms with van der Waals surface area (Å²) in [6.45, 7) is 4.37. The lowest BCUT2D eigenvalue weighted by molar-refractivity contribution is -0.383. The second kappa shape index (κ2) is 7.60. The first-order valence-electron chi connectivity index (χ1n) is 8.16. The predicted octanol–water partition coefficient (Wildman–Crippen LogP) is 4.36. The summed E-state index contributed by atoms with van der Waals surface area (Å²) in [5.41, 5.74) is 3.70. The number of hydrogen-bond donors (Lipinski definition) is 2. The van der Waals surface area contributed by atoms with Crippen LogP contribution in [0.5, 0.6) is 0 Å². The Morgan fingerprint density at radius 3 is 2.46 bits per heavy atom. The monoisotopic (exact) mass is 349 g/mol. The molecule has 0 atom stereocenters. The Hall–Kier alpha value is -3.48. The van der Waals surface area contributed by atoms with E-state index >= 15 is 0 Å². The molecule has 132 valence electrons. The zero-order chi connectivity index (χ0) is 18.5. The lowest BCUT2D eigenvalue weighted by atomic mass is 10.1. The first-order valence-corrected chi connectivity index (χ1v) is 8.16. The van der Waals surface area contributed by atoms with E-state index in [2.05, 4.69) is 20.6 Å². The van der Waals surface area contributed by atoms with E-state index in [1.807, 2.05) is 62.4 Å². The van der Waals surface area contributed by atoms with Crippen LogP contribution in [0.2, 0.25) is 0 Å². The zero-order valence-corrected chi connectivity index (χ0v) is 14.6. The minimum Gasteiger partial charge on any atom is -0.360 e. The van der Waals surface area contributed by atoms with E-state index in [0.29, 0.717) is 6.54 Å². The van der Waals surface area contributed by atoms with E-state index in [1.54, 1.807) is 0 Å². The lowest BCUT2D eigenvalue weighted by Gasteiger charge is -2.12. The van der Waals surface area contributed by atoms with Crippen LogP contribution in [-0.2, 0) is 6.54 Å². The van der Waals surface area contributed by atoms with Gasteiger partial charge in [-0.3, -0.25) is 10.1 Å². The average molecular weight is 349 g/mol. The summed E-state index contributed by atoms with van der Waals surface area (Å²) in [6, 6.07) is 15.5. The number of rotatable bonds is 6. The molecule has 1 aromatic heterocycles. The van der Waals surface area contributed by atoms with Gasteiger partial charge in [-0.05, 0) is 31.0 Å². The Kier molecular flexibility index (Phi) is 5.07. The number of anilines is 3. The molecule has 0 aliphatic heterocycles. The Bertz CT molecular complexity index is 928. The van der Waals surface area contributed by atoms with Crippen LogP contribution in [0.4, 0.5) is 23.0 Å². The number of nitrogens with one attached hydrogen (secondary N) is 2. The topological polar surface area (TPSA) is 93.0 Å². The third-order valence-corrected chi connectivity index (χ3v) is 3.94. The predicted molar refractivity (Wildman–Crippen MR) is 102 cm³/mol. The molecule has 2 N–H and O–H groups in total. The third-order valence-electron chi connectivity index (χ3n) is 3.94. The van der Waals surface area contributed by atoms with Gasteiger partial charge in [0, 0.05) is 12.2 Å². The molecule has 0 aliphatic rings. The molecule has 0 amide bonds. The first kappa shape index (κ1) is 17.3. The largest absolute Gasteiger partial charge is 0.360 e. The van der Waals surface area contributed by atoms with Crippen molar-refractivity contribution in [1.82, 2.24) is 9.97 Å². The highest BCUT2D eigenvalue weighted by Gasteiger charge is 2.23. The molecule has 7 nitrogen and oxygen atoms in total. The van der Waals surface area contributed by atoms with Gasteiger partial charge in [0.2, 0.25) is 11.6 Å². The second-order valence-corrected chi connectivity index (χ2v) is 5.96. The summed E-state index contributed by atoms with van der Waals surface area (Å²) in [7, 11) is 0. The molecule has 0 fully saturated rings. The maximum atomic E-state index is 11.6. The molecule has 2 aromatic carbocycles. The van der Waals surface area contributed by atoms with Gasteiger partial charge in [0.05, 0.1) is 4.92 Å². The van der Waals surface area contributed by atoms with Gasteiger partial charge < -0.3 is 10.6 Å². The average Bonchev–Trinajstić information content (AvgIpc) is 2.63. The first-order chi connectivity index (χ1) is 12.5. The fraction of sp³-hybridized carbons (Fsp3) is 0.158. The fourth-order valence-corrected chi connectivity index (χ4v) is 2.64. The molecule has 0 aliphatic carbocycles. The minimum atomic E-state index is -0.473. The number of nitro groups is 1.